The quantitative estimate of drug-likeness (QED) is 0.399. The molecule has 0 aromatic heterocycles. The molecule has 0 aliphatic rings. The molecule has 0 bridgehead atoms. The van der Waals surface area contributed by atoms with Crippen molar-refractivity contribution in [3.63, 3.8) is 0 Å². The highest BCUT2D eigenvalue weighted by Gasteiger charge is 2.12. The molecule has 2 N–H and O–H groups in total. The Bertz CT molecular complexity index is 1150. The van der Waals surface area contributed by atoms with Gasteiger partial charge in [0.15, 0.2) is 0 Å². The third-order valence-corrected chi connectivity index (χ3v) is 4.73. The lowest BCUT2D eigenvalue weighted by Gasteiger charge is -2.10. The second-order valence-electron chi connectivity index (χ2n) is 6.58. The molecule has 0 aliphatic carbocycles. The zero-order valence-electron chi connectivity index (χ0n) is 16.4. The number of hydrogen-bond donors (Lipinski definition) is 2. The molecule has 3 aromatic carbocycles. The fourth-order valence-corrected chi connectivity index (χ4v) is 3.15. The first-order chi connectivity index (χ1) is 14.8. The lowest BCUT2D eigenvalue weighted by Crippen LogP contribution is -2.23. The zero-order chi connectivity index (χ0) is 22.4. The van der Waals surface area contributed by atoms with Gasteiger partial charge in [-0.3, -0.25) is 14.4 Å². The maximum atomic E-state index is 12.5. The average molecular weight is 457 g/mol. The van der Waals surface area contributed by atoms with Crippen LogP contribution in [-0.4, -0.2) is 17.8 Å². The van der Waals surface area contributed by atoms with Gasteiger partial charge >= 0.3 is 5.97 Å². The van der Waals surface area contributed by atoms with Crippen molar-refractivity contribution in [2.45, 2.75) is 13.5 Å². The smallest absolute Gasteiger partial charge is 0.308 e. The van der Waals surface area contributed by atoms with Crippen LogP contribution in [0.1, 0.15) is 33.2 Å². The van der Waals surface area contributed by atoms with Gasteiger partial charge in [-0.25, -0.2) is 0 Å². The highest BCUT2D eigenvalue weighted by molar-refractivity contribution is 6.35. The summed E-state index contributed by atoms with van der Waals surface area (Å²) in [5, 5.41) is 6.28. The van der Waals surface area contributed by atoms with Crippen LogP contribution in [0.2, 0.25) is 10.0 Å². The topological polar surface area (TPSA) is 84.5 Å². The third-order valence-electron chi connectivity index (χ3n) is 4.17. The molecule has 0 unspecified atom stereocenters. The Kier molecular flexibility index (Phi) is 7.28. The minimum atomic E-state index is -0.466. The highest BCUT2D eigenvalue weighted by atomic mass is 35.5. The number of halogens is 2. The van der Waals surface area contributed by atoms with E-state index in [2.05, 4.69) is 10.6 Å². The van der Waals surface area contributed by atoms with Crippen LogP contribution >= 0.6 is 23.2 Å². The molecule has 0 heterocycles. The number of benzene rings is 3. The summed E-state index contributed by atoms with van der Waals surface area (Å²) in [6.07, 6.45) is 0. The summed E-state index contributed by atoms with van der Waals surface area (Å²) in [4.78, 5) is 36.0. The summed E-state index contributed by atoms with van der Waals surface area (Å²) in [5.41, 5.74) is 1.95. The maximum Gasteiger partial charge on any atom is 0.308 e. The number of carbonyl (C=O) groups is 3. The zero-order valence-corrected chi connectivity index (χ0v) is 18.0. The number of carbonyl (C=O) groups excluding carboxylic acids is 3. The van der Waals surface area contributed by atoms with Crippen molar-refractivity contribution in [3.05, 3.63) is 93.5 Å². The van der Waals surface area contributed by atoms with Crippen molar-refractivity contribution >= 4 is 46.7 Å². The van der Waals surface area contributed by atoms with E-state index in [9.17, 15) is 14.4 Å². The van der Waals surface area contributed by atoms with E-state index >= 15 is 0 Å². The average Bonchev–Trinajstić information content (AvgIpc) is 2.73. The summed E-state index contributed by atoms with van der Waals surface area (Å²) in [6.45, 7) is 1.52. The first-order valence-electron chi connectivity index (χ1n) is 9.24. The summed E-state index contributed by atoms with van der Waals surface area (Å²) in [5.74, 6) is -0.896. The van der Waals surface area contributed by atoms with Crippen molar-refractivity contribution in [1.82, 2.24) is 5.32 Å². The van der Waals surface area contributed by atoms with Crippen LogP contribution in [0.3, 0.4) is 0 Å². The number of ether oxygens (including phenoxy) is 1. The van der Waals surface area contributed by atoms with Crippen molar-refractivity contribution in [1.29, 1.82) is 0 Å². The van der Waals surface area contributed by atoms with Crippen LogP contribution < -0.4 is 15.4 Å². The molecule has 0 radical (unpaired) electrons. The second-order valence-corrected chi connectivity index (χ2v) is 7.43. The normalized spacial score (nSPS) is 10.3. The standard InChI is InChI=1S/C23H18Cl2N2O4/c1-14(28)31-19-7-3-5-16(11-19)22(29)27-18-6-2-4-15(10-18)13-26-23(30)20-12-17(24)8-9-21(20)25/h2-12H,13H2,1H3,(H,26,30)(H,27,29). The van der Waals surface area contributed by atoms with Gasteiger partial charge in [-0.15, -0.1) is 0 Å². The molecule has 0 saturated carbocycles. The van der Waals surface area contributed by atoms with E-state index in [1.807, 2.05) is 6.07 Å². The van der Waals surface area contributed by atoms with Crippen LogP contribution in [0, 0.1) is 0 Å². The molecule has 158 valence electrons. The minimum Gasteiger partial charge on any atom is -0.427 e. The number of amides is 2. The number of hydrogen-bond acceptors (Lipinski definition) is 4. The number of nitrogens with one attached hydrogen (secondary N) is 2. The molecule has 0 saturated heterocycles. The van der Waals surface area contributed by atoms with Crippen LogP contribution in [0.25, 0.3) is 0 Å². The monoisotopic (exact) mass is 456 g/mol. The molecule has 0 atom stereocenters. The van der Waals surface area contributed by atoms with Gasteiger partial charge < -0.3 is 15.4 Å². The van der Waals surface area contributed by atoms with E-state index in [1.165, 1.54) is 19.1 Å². The molecule has 0 fully saturated rings. The van der Waals surface area contributed by atoms with Crippen molar-refractivity contribution in [3.8, 4) is 5.75 Å². The predicted octanol–water partition coefficient (Wildman–Crippen LogP) is 5.10. The van der Waals surface area contributed by atoms with Gasteiger partial charge in [-0.05, 0) is 54.1 Å². The van der Waals surface area contributed by atoms with Crippen LogP contribution in [0.4, 0.5) is 5.69 Å². The molecule has 3 aromatic rings. The van der Waals surface area contributed by atoms with Crippen LogP contribution in [0.15, 0.2) is 66.7 Å². The highest BCUT2D eigenvalue weighted by Crippen LogP contribution is 2.21. The molecule has 3 rings (SSSR count). The maximum absolute atomic E-state index is 12.5. The lowest BCUT2D eigenvalue weighted by molar-refractivity contribution is -0.131. The Morgan fingerprint density at radius 2 is 1.68 bits per heavy atom. The Balaban J connectivity index is 1.65. The van der Waals surface area contributed by atoms with E-state index in [4.69, 9.17) is 27.9 Å². The Morgan fingerprint density at radius 3 is 2.45 bits per heavy atom. The van der Waals surface area contributed by atoms with E-state index in [0.717, 1.165) is 5.56 Å². The van der Waals surface area contributed by atoms with E-state index < -0.39 is 5.97 Å². The molecular formula is C23H18Cl2N2O4. The largest absolute Gasteiger partial charge is 0.427 e. The second kappa shape index (κ2) is 10.1. The van der Waals surface area contributed by atoms with Crippen molar-refractivity contribution < 1.29 is 19.1 Å². The van der Waals surface area contributed by atoms with Gasteiger partial charge in [0.2, 0.25) is 0 Å². The van der Waals surface area contributed by atoms with E-state index in [-0.39, 0.29) is 29.7 Å². The number of esters is 1. The van der Waals surface area contributed by atoms with Gasteiger partial charge in [0.05, 0.1) is 10.6 Å². The molecule has 2 amide bonds. The molecule has 6 nitrogen and oxygen atoms in total. The summed E-state index contributed by atoms with van der Waals surface area (Å²) in [6, 6.07) is 18.0. The van der Waals surface area contributed by atoms with Crippen molar-refractivity contribution in [2.24, 2.45) is 0 Å². The Labute approximate surface area is 189 Å². The van der Waals surface area contributed by atoms with Gasteiger partial charge in [-0.1, -0.05) is 41.4 Å². The SMILES string of the molecule is CC(=O)Oc1cccc(C(=O)Nc2cccc(CNC(=O)c3cc(Cl)ccc3Cl)c2)c1. The van der Waals surface area contributed by atoms with Crippen molar-refractivity contribution in [2.75, 3.05) is 5.32 Å². The lowest BCUT2D eigenvalue weighted by atomic mass is 10.1. The number of anilines is 1. The molecule has 8 heteroatoms. The van der Waals surface area contributed by atoms with Gasteiger partial charge in [-0.2, -0.15) is 0 Å². The fraction of sp³-hybridized carbons (Fsp3) is 0.0870. The molecule has 0 aliphatic heterocycles. The van der Waals surface area contributed by atoms with E-state index in [1.54, 1.807) is 48.5 Å². The van der Waals surface area contributed by atoms with Gasteiger partial charge in [0, 0.05) is 29.7 Å². The first kappa shape index (κ1) is 22.3. The molecular weight excluding hydrogens is 439 g/mol. The Morgan fingerprint density at radius 1 is 0.903 bits per heavy atom. The van der Waals surface area contributed by atoms with Gasteiger partial charge in [0.25, 0.3) is 11.8 Å². The summed E-state index contributed by atoms with van der Waals surface area (Å²) >= 11 is 12.0. The van der Waals surface area contributed by atoms with Crippen LogP contribution in [-0.2, 0) is 11.3 Å². The van der Waals surface area contributed by atoms with E-state index in [0.29, 0.717) is 21.3 Å². The fourth-order valence-electron chi connectivity index (χ4n) is 2.78. The summed E-state index contributed by atoms with van der Waals surface area (Å²) in [7, 11) is 0. The van der Waals surface area contributed by atoms with Gasteiger partial charge in [0.1, 0.15) is 5.75 Å². The molecule has 31 heavy (non-hydrogen) atoms. The Hall–Kier alpha value is -3.35. The number of rotatable bonds is 6. The minimum absolute atomic E-state index is 0.229. The molecule has 0 spiro atoms. The first-order valence-corrected chi connectivity index (χ1v) is 9.99. The summed E-state index contributed by atoms with van der Waals surface area (Å²) < 4.78 is 5.00. The predicted molar refractivity (Wildman–Crippen MR) is 120 cm³/mol. The third kappa shape index (κ3) is 6.31. The van der Waals surface area contributed by atoms with Crippen LogP contribution in [0.5, 0.6) is 5.75 Å².